The normalized spacial score (nSPS) is 15.2. The van der Waals surface area contributed by atoms with Crippen molar-refractivity contribution in [2.24, 2.45) is 0 Å². The molecule has 0 unspecified atom stereocenters. The first-order valence-electron chi connectivity index (χ1n) is 9.06. The maximum atomic E-state index is 13.0. The van der Waals surface area contributed by atoms with Gasteiger partial charge in [0.1, 0.15) is 11.7 Å². The van der Waals surface area contributed by atoms with Crippen molar-refractivity contribution in [1.29, 1.82) is 0 Å². The van der Waals surface area contributed by atoms with Gasteiger partial charge in [0.05, 0.1) is 12.2 Å². The first-order chi connectivity index (χ1) is 14.1. The van der Waals surface area contributed by atoms with Gasteiger partial charge in [-0.3, -0.25) is 9.59 Å². The van der Waals surface area contributed by atoms with E-state index in [0.717, 1.165) is 6.92 Å². The van der Waals surface area contributed by atoms with E-state index in [1.165, 1.54) is 4.90 Å². The van der Waals surface area contributed by atoms with E-state index in [-0.39, 0.29) is 18.2 Å². The van der Waals surface area contributed by atoms with Crippen LogP contribution in [0.4, 0.5) is 13.2 Å². The highest BCUT2D eigenvalue weighted by atomic mass is 35.5. The van der Waals surface area contributed by atoms with E-state index in [1.54, 1.807) is 24.3 Å². The third kappa shape index (κ3) is 3.62. The van der Waals surface area contributed by atoms with Crippen LogP contribution in [0.3, 0.4) is 0 Å². The smallest absolute Gasteiger partial charge is 0.350 e. The fourth-order valence-corrected chi connectivity index (χ4v) is 3.54. The summed E-state index contributed by atoms with van der Waals surface area (Å²) >= 11 is 6.15. The van der Waals surface area contributed by atoms with Gasteiger partial charge in [-0.15, -0.1) is 0 Å². The number of fused-ring (bicyclic) bond motifs is 2. The molecule has 2 aromatic heterocycles. The average Bonchev–Trinajstić information content (AvgIpc) is 3.31. The van der Waals surface area contributed by atoms with Gasteiger partial charge in [-0.1, -0.05) is 22.8 Å². The molecular weight excluding hydrogens is 425 g/mol. The number of H-pyrrole nitrogens is 1. The third-order valence-corrected chi connectivity index (χ3v) is 5.34. The van der Waals surface area contributed by atoms with Gasteiger partial charge < -0.3 is 19.7 Å². The van der Waals surface area contributed by atoms with Crippen molar-refractivity contribution in [3.05, 3.63) is 52.0 Å². The van der Waals surface area contributed by atoms with Crippen LogP contribution in [0.15, 0.2) is 28.8 Å². The molecular formula is C19H16ClF3N4O3. The van der Waals surface area contributed by atoms with E-state index in [4.69, 9.17) is 16.1 Å². The Morgan fingerprint density at radius 2 is 2.13 bits per heavy atom. The first-order valence-corrected chi connectivity index (χ1v) is 9.44. The number of carbonyl (C=O) groups is 2. The van der Waals surface area contributed by atoms with Gasteiger partial charge in [0.15, 0.2) is 0 Å². The lowest BCUT2D eigenvalue weighted by Gasteiger charge is -2.26. The maximum Gasteiger partial charge on any atom is 0.408 e. The molecule has 0 saturated heterocycles. The largest absolute Gasteiger partial charge is 0.408 e. The number of aromatic nitrogens is 2. The Bertz CT molecular complexity index is 1140. The molecule has 0 fully saturated rings. The van der Waals surface area contributed by atoms with Crippen LogP contribution in [0, 0.1) is 0 Å². The molecule has 3 aromatic rings. The molecule has 0 aliphatic carbocycles. The highest BCUT2D eigenvalue weighted by molar-refractivity contribution is 6.35. The Balaban J connectivity index is 1.55. The van der Waals surface area contributed by atoms with Gasteiger partial charge in [0.25, 0.3) is 11.8 Å². The van der Waals surface area contributed by atoms with Crippen molar-refractivity contribution < 1.29 is 27.3 Å². The fourth-order valence-electron chi connectivity index (χ4n) is 3.31. The summed E-state index contributed by atoms with van der Waals surface area (Å²) in [6.45, 7) is 1.14. The Kier molecular flexibility index (Phi) is 4.97. The van der Waals surface area contributed by atoms with Gasteiger partial charge in [0, 0.05) is 34.5 Å². The van der Waals surface area contributed by atoms with E-state index >= 15 is 0 Å². The lowest BCUT2D eigenvalue weighted by Crippen LogP contribution is -2.43. The zero-order chi connectivity index (χ0) is 21.6. The van der Waals surface area contributed by atoms with E-state index < -0.39 is 18.1 Å². The van der Waals surface area contributed by atoms with E-state index in [2.05, 4.69) is 10.1 Å². The number of halogens is 4. The highest BCUT2D eigenvalue weighted by Crippen LogP contribution is 2.27. The molecule has 1 atom stereocenters. The van der Waals surface area contributed by atoms with Gasteiger partial charge in [-0.2, -0.15) is 13.2 Å². The van der Waals surface area contributed by atoms with Crippen molar-refractivity contribution in [3.63, 3.8) is 0 Å². The average molecular weight is 441 g/mol. The fraction of sp³-hybridized carbons (Fsp3) is 0.316. The number of carbonyl (C=O) groups excluding carboxylic acids is 2. The number of hydrogen-bond donors (Lipinski definition) is 2. The minimum atomic E-state index is -4.59. The van der Waals surface area contributed by atoms with Crippen LogP contribution in [-0.2, 0) is 13.0 Å². The minimum absolute atomic E-state index is 0.0100. The predicted octanol–water partition coefficient (Wildman–Crippen LogP) is 3.69. The molecule has 4 rings (SSSR count). The Morgan fingerprint density at radius 3 is 2.83 bits per heavy atom. The summed E-state index contributed by atoms with van der Waals surface area (Å²) in [5.74, 6) is -1.68. The van der Waals surface area contributed by atoms with Crippen LogP contribution < -0.4 is 5.32 Å². The summed E-state index contributed by atoms with van der Waals surface area (Å²) in [5.41, 5.74) is 1.77. The topological polar surface area (TPSA) is 91.2 Å². The molecule has 11 heteroatoms. The lowest BCUT2D eigenvalue weighted by atomic mass is 10.0. The minimum Gasteiger partial charge on any atom is -0.350 e. The van der Waals surface area contributed by atoms with Crippen LogP contribution in [-0.4, -0.2) is 45.6 Å². The summed E-state index contributed by atoms with van der Waals surface area (Å²) in [7, 11) is 0. The first kappa shape index (κ1) is 20.3. The molecule has 3 heterocycles. The van der Waals surface area contributed by atoms with E-state index in [0.29, 0.717) is 45.8 Å². The van der Waals surface area contributed by atoms with E-state index in [9.17, 15) is 22.8 Å². The van der Waals surface area contributed by atoms with Crippen molar-refractivity contribution in [3.8, 4) is 0 Å². The number of aromatic amines is 1. The van der Waals surface area contributed by atoms with Crippen LogP contribution in [0.2, 0.25) is 5.02 Å². The Morgan fingerprint density at radius 1 is 1.37 bits per heavy atom. The van der Waals surface area contributed by atoms with Crippen molar-refractivity contribution in [2.45, 2.75) is 32.1 Å². The second kappa shape index (κ2) is 7.35. The number of hydrogen-bond acceptors (Lipinski definition) is 4. The zero-order valence-corrected chi connectivity index (χ0v) is 16.4. The SMILES string of the molecule is C[C@@H](NC(=O)c1onc2c1CN(C(=O)c1cc3c(Cl)cccc3[nH]1)CC2)C(F)(F)F. The molecule has 1 aliphatic heterocycles. The molecule has 0 bridgehead atoms. The number of amides is 2. The second-order valence-electron chi connectivity index (χ2n) is 7.03. The third-order valence-electron chi connectivity index (χ3n) is 5.01. The summed E-state index contributed by atoms with van der Waals surface area (Å²) in [6.07, 6.45) is -4.28. The van der Waals surface area contributed by atoms with Crippen LogP contribution in [0.1, 0.15) is 39.2 Å². The van der Waals surface area contributed by atoms with Crippen molar-refractivity contribution in [1.82, 2.24) is 20.4 Å². The number of rotatable bonds is 3. The highest BCUT2D eigenvalue weighted by Gasteiger charge is 2.39. The molecule has 2 N–H and O–H groups in total. The maximum absolute atomic E-state index is 13.0. The molecule has 1 aliphatic rings. The number of benzene rings is 1. The summed E-state index contributed by atoms with van der Waals surface area (Å²) < 4.78 is 43.2. The van der Waals surface area contributed by atoms with Gasteiger partial charge in [0.2, 0.25) is 5.76 Å². The zero-order valence-electron chi connectivity index (χ0n) is 15.6. The Hall–Kier alpha value is -3.01. The Labute approximate surface area is 173 Å². The lowest BCUT2D eigenvalue weighted by molar-refractivity contribution is -0.149. The molecule has 0 radical (unpaired) electrons. The number of nitrogens with one attached hydrogen (secondary N) is 2. The van der Waals surface area contributed by atoms with Crippen LogP contribution in [0.25, 0.3) is 10.9 Å². The molecule has 30 heavy (non-hydrogen) atoms. The molecule has 158 valence electrons. The van der Waals surface area contributed by atoms with Crippen molar-refractivity contribution >= 4 is 34.3 Å². The molecule has 1 aromatic carbocycles. The molecule has 0 spiro atoms. The standard InChI is InChI=1S/C19H16ClF3N4O3/c1-9(19(21,22)23)24-17(28)16-11-8-27(6-5-14(11)26-30-16)18(29)15-7-10-12(20)3-2-4-13(10)25-15/h2-4,7,9,25H,5-6,8H2,1H3,(H,24,28)/t9-/m1/s1. The quantitative estimate of drug-likeness (QED) is 0.650. The summed E-state index contributed by atoms with van der Waals surface area (Å²) in [6, 6.07) is 4.84. The van der Waals surface area contributed by atoms with Gasteiger partial charge in [-0.05, 0) is 25.1 Å². The van der Waals surface area contributed by atoms with Crippen LogP contribution >= 0.6 is 11.6 Å². The molecule has 7 nitrogen and oxygen atoms in total. The van der Waals surface area contributed by atoms with Gasteiger partial charge >= 0.3 is 6.18 Å². The van der Waals surface area contributed by atoms with E-state index in [1.807, 2.05) is 5.32 Å². The summed E-state index contributed by atoms with van der Waals surface area (Å²) in [4.78, 5) is 29.7. The number of nitrogens with zero attached hydrogens (tertiary/aromatic N) is 2. The second-order valence-corrected chi connectivity index (χ2v) is 7.44. The number of alkyl halides is 3. The van der Waals surface area contributed by atoms with Gasteiger partial charge in [-0.25, -0.2) is 0 Å². The monoisotopic (exact) mass is 440 g/mol. The molecule has 0 saturated carbocycles. The molecule has 2 amide bonds. The predicted molar refractivity (Wildman–Crippen MR) is 101 cm³/mol. The van der Waals surface area contributed by atoms with Crippen LogP contribution in [0.5, 0.6) is 0 Å². The van der Waals surface area contributed by atoms with Crippen molar-refractivity contribution in [2.75, 3.05) is 6.54 Å². The summed E-state index contributed by atoms with van der Waals surface area (Å²) in [5, 5.41) is 6.83.